The Labute approximate surface area is 107 Å². The molecule has 0 aromatic carbocycles. The Bertz CT molecular complexity index is 512. The van der Waals surface area contributed by atoms with E-state index in [0.717, 1.165) is 22.6 Å². The van der Waals surface area contributed by atoms with Crippen molar-refractivity contribution in [3.63, 3.8) is 0 Å². The number of hydrogen-bond donors (Lipinski definition) is 1. The van der Waals surface area contributed by atoms with E-state index in [2.05, 4.69) is 28.8 Å². The Kier molecular flexibility index (Phi) is 3.55. The number of aryl methyl sites for hydroxylation is 1. The molecule has 2 N–H and O–H groups in total. The molecule has 0 amide bonds. The van der Waals surface area contributed by atoms with Gasteiger partial charge in [-0.05, 0) is 30.5 Å². The third-order valence-electron chi connectivity index (χ3n) is 2.90. The minimum Gasteiger partial charge on any atom is -0.383 e. The van der Waals surface area contributed by atoms with E-state index in [0.29, 0.717) is 18.2 Å². The second-order valence-corrected chi connectivity index (χ2v) is 4.71. The van der Waals surface area contributed by atoms with Gasteiger partial charge < -0.3 is 5.73 Å². The molecule has 0 aliphatic carbocycles. The Morgan fingerprint density at radius 3 is 2.39 bits per heavy atom. The van der Waals surface area contributed by atoms with Crippen LogP contribution in [0, 0.1) is 6.92 Å². The minimum atomic E-state index is 0.347. The van der Waals surface area contributed by atoms with E-state index in [9.17, 15) is 0 Å². The molecule has 0 unspecified atom stereocenters. The van der Waals surface area contributed by atoms with Gasteiger partial charge in [0.2, 0.25) is 0 Å². The van der Waals surface area contributed by atoms with E-state index in [1.165, 1.54) is 0 Å². The van der Waals surface area contributed by atoms with Crippen LogP contribution < -0.4 is 5.73 Å². The number of nitrogens with zero attached hydrogens (tertiary/aromatic N) is 3. The van der Waals surface area contributed by atoms with Crippen LogP contribution in [0.5, 0.6) is 0 Å². The highest BCUT2D eigenvalue weighted by Crippen LogP contribution is 2.23. The van der Waals surface area contributed by atoms with Crippen molar-refractivity contribution in [2.45, 2.75) is 33.1 Å². The van der Waals surface area contributed by atoms with Gasteiger partial charge in [0.05, 0.1) is 0 Å². The van der Waals surface area contributed by atoms with Crippen LogP contribution in [-0.4, -0.2) is 15.0 Å². The molecule has 0 atom stereocenters. The lowest BCUT2D eigenvalue weighted by atomic mass is 10.0. The van der Waals surface area contributed by atoms with Gasteiger partial charge in [-0.1, -0.05) is 13.8 Å². The van der Waals surface area contributed by atoms with Crippen LogP contribution in [-0.2, 0) is 6.42 Å². The second kappa shape index (κ2) is 5.12. The molecule has 94 valence electrons. The summed E-state index contributed by atoms with van der Waals surface area (Å²) < 4.78 is 0. The lowest BCUT2D eigenvalue weighted by molar-refractivity contribution is 0.816. The van der Waals surface area contributed by atoms with E-state index < -0.39 is 0 Å². The smallest absolute Gasteiger partial charge is 0.135 e. The molecule has 0 aliphatic rings. The molecule has 0 aliphatic heterocycles. The molecule has 18 heavy (non-hydrogen) atoms. The van der Waals surface area contributed by atoms with E-state index in [1.54, 1.807) is 12.4 Å². The quantitative estimate of drug-likeness (QED) is 0.898. The van der Waals surface area contributed by atoms with Crippen molar-refractivity contribution in [2.24, 2.45) is 0 Å². The fraction of sp³-hybridized carbons (Fsp3) is 0.357. The third kappa shape index (κ3) is 2.64. The molecule has 0 radical (unpaired) electrons. The van der Waals surface area contributed by atoms with Crippen molar-refractivity contribution in [3.8, 4) is 0 Å². The molecule has 2 aromatic heterocycles. The van der Waals surface area contributed by atoms with Crippen molar-refractivity contribution in [1.82, 2.24) is 15.0 Å². The lowest BCUT2D eigenvalue weighted by Crippen LogP contribution is -2.09. The summed E-state index contributed by atoms with van der Waals surface area (Å²) in [6, 6.07) is 3.93. The van der Waals surface area contributed by atoms with Gasteiger partial charge in [0.15, 0.2) is 0 Å². The summed E-state index contributed by atoms with van der Waals surface area (Å²) in [6.45, 7) is 6.19. The predicted octanol–water partition coefficient (Wildman–Crippen LogP) is 2.48. The number of anilines is 1. The van der Waals surface area contributed by atoms with E-state index >= 15 is 0 Å². The van der Waals surface area contributed by atoms with Gasteiger partial charge >= 0.3 is 0 Å². The maximum atomic E-state index is 6.01. The molecule has 2 aromatic rings. The molecule has 4 nitrogen and oxygen atoms in total. The summed E-state index contributed by atoms with van der Waals surface area (Å²) in [5, 5.41) is 0. The topological polar surface area (TPSA) is 64.7 Å². The highest BCUT2D eigenvalue weighted by Gasteiger charge is 2.12. The average Bonchev–Trinajstić information content (AvgIpc) is 2.28. The van der Waals surface area contributed by atoms with Crippen LogP contribution in [0.3, 0.4) is 0 Å². The zero-order valence-electron chi connectivity index (χ0n) is 11.0. The summed E-state index contributed by atoms with van der Waals surface area (Å²) in [5.74, 6) is 1.71. The van der Waals surface area contributed by atoms with Gasteiger partial charge in [-0.25, -0.2) is 9.97 Å². The van der Waals surface area contributed by atoms with Crippen LogP contribution in [0.25, 0.3) is 0 Å². The monoisotopic (exact) mass is 242 g/mol. The minimum absolute atomic E-state index is 0.347. The Hall–Kier alpha value is -1.97. The number of hydrogen-bond acceptors (Lipinski definition) is 4. The molecule has 0 saturated carbocycles. The number of nitrogen functional groups attached to an aromatic ring is 1. The maximum Gasteiger partial charge on any atom is 0.135 e. The molecular formula is C14H18N4. The fourth-order valence-corrected chi connectivity index (χ4v) is 2.14. The van der Waals surface area contributed by atoms with Gasteiger partial charge in [-0.2, -0.15) is 0 Å². The molecule has 2 heterocycles. The summed E-state index contributed by atoms with van der Waals surface area (Å²) in [7, 11) is 0. The summed E-state index contributed by atoms with van der Waals surface area (Å²) in [5.41, 5.74) is 9.18. The van der Waals surface area contributed by atoms with Gasteiger partial charge in [0.25, 0.3) is 0 Å². The first kappa shape index (κ1) is 12.5. The SMILES string of the molecule is Cc1nc(Cc2ccncc2)nc(N)c1C(C)C. The molecule has 4 heteroatoms. The van der Waals surface area contributed by atoms with Crippen molar-refractivity contribution in [1.29, 1.82) is 0 Å². The first-order valence-electron chi connectivity index (χ1n) is 6.09. The van der Waals surface area contributed by atoms with E-state index in [-0.39, 0.29) is 0 Å². The van der Waals surface area contributed by atoms with Gasteiger partial charge in [0, 0.05) is 30.1 Å². The average molecular weight is 242 g/mol. The van der Waals surface area contributed by atoms with Gasteiger partial charge in [0.1, 0.15) is 11.6 Å². The van der Waals surface area contributed by atoms with Crippen molar-refractivity contribution < 1.29 is 0 Å². The predicted molar refractivity (Wildman–Crippen MR) is 72.3 cm³/mol. The maximum absolute atomic E-state index is 6.01. The summed E-state index contributed by atoms with van der Waals surface area (Å²) >= 11 is 0. The van der Waals surface area contributed by atoms with E-state index in [1.807, 2.05) is 19.1 Å². The fourth-order valence-electron chi connectivity index (χ4n) is 2.14. The number of nitrogens with two attached hydrogens (primary N) is 1. The molecule has 0 saturated heterocycles. The first-order valence-corrected chi connectivity index (χ1v) is 6.09. The van der Waals surface area contributed by atoms with Crippen molar-refractivity contribution in [2.75, 3.05) is 5.73 Å². The van der Waals surface area contributed by atoms with Gasteiger partial charge in [-0.15, -0.1) is 0 Å². The van der Waals surface area contributed by atoms with Gasteiger partial charge in [-0.3, -0.25) is 4.98 Å². The van der Waals surface area contributed by atoms with E-state index in [4.69, 9.17) is 5.73 Å². The molecule has 0 fully saturated rings. The Morgan fingerprint density at radius 2 is 1.83 bits per heavy atom. The standard InChI is InChI=1S/C14H18N4/c1-9(2)13-10(3)17-12(18-14(13)15)8-11-4-6-16-7-5-11/h4-7,9H,8H2,1-3H3,(H2,15,17,18). The molecule has 0 spiro atoms. The normalized spacial score (nSPS) is 10.9. The summed E-state index contributed by atoms with van der Waals surface area (Å²) in [4.78, 5) is 12.9. The number of rotatable bonds is 3. The Morgan fingerprint density at radius 1 is 1.17 bits per heavy atom. The van der Waals surface area contributed by atoms with Crippen LogP contribution in [0.1, 0.15) is 42.4 Å². The number of aromatic nitrogens is 3. The molecule has 2 rings (SSSR count). The largest absolute Gasteiger partial charge is 0.383 e. The highest BCUT2D eigenvalue weighted by atomic mass is 15.0. The number of pyridine rings is 1. The zero-order valence-corrected chi connectivity index (χ0v) is 11.0. The van der Waals surface area contributed by atoms with Crippen molar-refractivity contribution in [3.05, 3.63) is 47.2 Å². The van der Waals surface area contributed by atoms with Crippen LogP contribution in [0.15, 0.2) is 24.5 Å². The van der Waals surface area contributed by atoms with Crippen LogP contribution in [0.4, 0.5) is 5.82 Å². The van der Waals surface area contributed by atoms with Crippen LogP contribution >= 0.6 is 0 Å². The zero-order chi connectivity index (χ0) is 13.1. The summed E-state index contributed by atoms with van der Waals surface area (Å²) in [6.07, 6.45) is 4.23. The molecule has 0 bridgehead atoms. The van der Waals surface area contributed by atoms with Crippen LogP contribution in [0.2, 0.25) is 0 Å². The highest BCUT2D eigenvalue weighted by molar-refractivity contribution is 5.44. The lowest BCUT2D eigenvalue weighted by Gasteiger charge is -2.13. The van der Waals surface area contributed by atoms with Crippen molar-refractivity contribution >= 4 is 5.82 Å². The molecular weight excluding hydrogens is 224 g/mol. The third-order valence-corrected chi connectivity index (χ3v) is 2.90. The Balaban J connectivity index is 2.31. The first-order chi connectivity index (χ1) is 8.58. The second-order valence-electron chi connectivity index (χ2n) is 4.71.